The number of halogens is 1. The summed E-state index contributed by atoms with van der Waals surface area (Å²) in [6, 6.07) is 7.29. The van der Waals surface area contributed by atoms with Crippen molar-refractivity contribution in [1.29, 1.82) is 0 Å². The average molecular weight is 299 g/mol. The molecule has 1 fully saturated rings. The van der Waals surface area contributed by atoms with Gasteiger partial charge in [0.2, 0.25) is 0 Å². The van der Waals surface area contributed by atoms with Crippen molar-refractivity contribution in [2.45, 2.75) is 6.10 Å². The third-order valence-corrected chi connectivity index (χ3v) is 3.64. The van der Waals surface area contributed by atoms with Crippen LogP contribution in [0.15, 0.2) is 28.7 Å². The number of hydrogen-bond acceptors (Lipinski definition) is 3. The van der Waals surface area contributed by atoms with Gasteiger partial charge in [0.25, 0.3) is 5.91 Å². The molecular formula is C12H15BrN2O2. The van der Waals surface area contributed by atoms with Gasteiger partial charge in [-0.25, -0.2) is 0 Å². The lowest BCUT2D eigenvalue weighted by Crippen LogP contribution is -2.34. The van der Waals surface area contributed by atoms with E-state index in [1.807, 2.05) is 18.2 Å². The first-order chi connectivity index (χ1) is 8.18. The summed E-state index contributed by atoms with van der Waals surface area (Å²) in [6.45, 7) is 1.85. The zero-order chi connectivity index (χ0) is 12.3. The highest BCUT2D eigenvalue weighted by atomic mass is 79.9. The van der Waals surface area contributed by atoms with E-state index in [0.29, 0.717) is 18.7 Å². The zero-order valence-corrected chi connectivity index (χ0v) is 10.9. The minimum absolute atomic E-state index is 0.0986. The molecule has 0 aliphatic carbocycles. The molecule has 1 aliphatic heterocycles. The van der Waals surface area contributed by atoms with Crippen LogP contribution in [-0.2, 0) is 0 Å². The van der Waals surface area contributed by atoms with E-state index in [1.165, 1.54) is 0 Å². The first-order valence-corrected chi connectivity index (χ1v) is 6.39. The van der Waals surface area contributed by atoms with E-state index in [2.05, 4.69) is 26.6 Å². The molecule has 3 N–H and O–H groups in total. The molecule has 1 aromatic rings. The monoisotopic (exact) mass is 298 g/mol. The number of benzene rings is 1. The molecule has 2 atom stereocenters. The summed E-state index contributed by atoms with van der Waals surface area (Å²) in [5, 5.41) is 15.5. The highest BCUT2D eigenvalue weighted by Gasteiger charge is 2.25. The Hall–Kier alpha value is -0.910. The highest BCUT2D eigenvalue weighted by Crippen LogP contribution is 2.16. The normalized spacial score (nSPS) is 23.6. The summed E-state index contributed by atoms with van der Waals surface area (Å²) in [5.41, 5.74) is 0.618. The summed E-state index contributed by atoms with van der Waals surface area (Å²) in [6.07, 6.45) is -0.366. The summed E-state index contributed by atoms with van der Waals surface area (Å²) >= 11 is 3.34. The predicted molar refractivity (Wildman–Crippen MR) is 68.8 cm³/mol. The van der Waals surface area contributed by atoms with Crippen LogP contribution in [0.4, 0.5) is 0 Å². The van der Waals surface area contributed by atoms with Crippen LogP contribution in [0.2, 0.25) is 0 Å². The van der Waals surface area contributed by atoms with Gasteiger partial charge in [0, 0.05) is 30.0 Å². The molecule has 0 spiro atoms. The first-order valence-electron chi connectivity index (χ1n) is 5.60. The second kappa shape index (κ2) is 5.62. The second-order valence-electron chi connectivity index (χ2n) is 4.18. The first kappa shape index (κ1) is 12.5. The van der Waals surface area contributed by atoms with Crippen LogP contribution in [0, 0.1) is 5.92 Å². The Labute approximate surface area is 109 Å². The summed E-state index contributed by atoms with van der Waals surface area (Å²) in [7, 11) is 0. The van der Waals surface area contributed by atoms with E-state index >= 15 is 0 Å². The Bertz CT molecular complexity index is 411. The van der Waals surface area contributed by atoms with Gasteiger partial charge in [-0.05, 0) is 28.1 Å². The van der Waals surface area contributed by atoms with Crippen molar-refractivity contribution in [3.8, 4) is 0 Å². The quantitative estimate of drug-likeness (QED) is 0.772. The molecule has 0 radical (unpaired) electrons. The number of rotatable bonds is 3. The lowest BCUT2D eigenvalue weighted by molar-refractivity contribution is 0.0926. The number of nitrogens with one attached hydrogen (secondary N) is 2. The van der Waals surface area contributed by atoms with Gasteiger partial charge in [0.1, 0.15) is 0 Å². The Morgan fingerprint density at radius 1 is 1.47 bits per heavy atom. The summed E-state index contributed by atoms with van der Waals surface area (Å²) in [4.78, 5) is 11.9. The molecule has 2 rings (SSSR count). The Kier molecular flexibility index (Phi) is 4.15. The van der Waals surface area contributed by atoms with E-state index in [1.54, 1.807) is 6.07 Å². The number of aliphatic hydroxyl groups is 1. The number of hydrogen-bond donors (Lipinski definition) is 3. The summed E-state index contributed by atoms with van der Waals surface area (Å²) < 4.78 is 0.780. The van der Waals surface area contributed by atoms with Crippen LogP contribution in [0.5, 0.6) is 0 Å². The van der Waals surface area contributed by atoms with Gasteiger partial charge in [-0.3, -0.25) is 4.79 Å². The molecule has 1 saturated heterocycles. The number of amides is 1. The van der Waals surface area contributed by atoms with Crippen LogP contribution < -0.4 is 10.6 Å². The van der Waals surface area contributed by atoms with Crippen LogP contribution in [0.25, 0.3) is 0 Å². The Morgan fingerprint density at radius 2 is 2.24 bits per heavy atom. The molecule has 1 heterocycles. The molecule has 0 saturated carbocycles. The van der Waals surface area contributed by atoms with Crippen LogP contribution in [0.3, 0.4) is 0 Å². The standard InChI is InChI=1S/C12H15BrN2O2/c13-10-4-2-1-3-9(10)12(17)15-6-8-5-14-7-11(8)16/h1-4,8,11,14,16H,5-7H2,(H,15,17). The molecule has 92 valence electrons. The molecule has 5 heteroatoms. The van der Waals surface area contributed by atoms with Gasteiger partial charge < -0.3 is 15.7 Å². The Balaban J connectivity index is 1.91. The fourth-order valence-corrected chi connectivity index (χ4v) is 2.36. The van der Waals surface area contributed by atoms with E-state index in [-0.39, 0.29) is 17.9 Å². The van der Waals surface area contributed by atoms with Crippen molar-refractivity contribution >= 4 is 21.8 Å². The average Bonchev–Trinajstić information content (AvgIpc) is 2.72. The maximum Gasteiger partial charge on any atom is 0.252 e. The number of β-amino-alcohol motifs (C(OH)–C–C–N with tert-alkyl or cyclic N) is 1. The maximum atomic E-state index is 11.9. The van der Waals surface area contributed by atoms with E-state index < -0.39 is 0 Å². The van der Waals surface area contributed by atoms with Gasteiger partial charge in [-0.2, -0.15) is 0 Å². The third kappa shape index (κ3) is 3.06. The van der Waals surface area contributed by atoms with Crippen molar-refractivity contribution in [1.82, 2.24) is 10.6 Å². The van der Waals surface area contributed by atoms with Crippen LogP contribution in [0.1, 0.15) is 10.4 Å². The molecular weight excluding hydrogens is 284 g/mol. The van der Waals surface area contributed by atoms with Crippen molar-refractivity contribution in [2.24, 2.45) is 5.92 Å². The van der Waals surface area contributed by atoms with Gasteiger partial charge in [0.15, 0.2) is 0 Å². The van der Waals surface area contributed by atoms with Crippen molar-refractivity contribution in [3.63, 3.8) is 0 Å². The Morgan fingerprint density at radius 3 is 2.88 bits per heavy atom. The second-order valence-corrected chi connectivity index (χ2v) is 5.03. The van der Waals surface area contributed by atoms with E-state index in [4.69, 9.17) is 0 Å². The fourth-order valence-electron chi connectivity index (χ4n) is 1.89. The van der Waals surface area contributed by atoms with Gasteiger partial charge in [-0.1, -0.05) is 12.1 Å². The topological polar surface area (TPSA) is 61.4 Å². The molecule has 17 heavy (non-hydrogen) atoms. The fraction of sp³-hybridized carbons (Fsp3) is 0.417. The van der Waals surface area contributed by atoms with Crippen molar-refractivity contribution in [3.05, 3.63) is 34.3 Å². The maximum absolute atomic E-state index is 11.9. The summed E-state index contributed by atoms with van der Waals surface area (Å²) in [5.74, 6) is -0.0157. The largest absolute Gasteiger partial charge is 0.391 e. The van der Waals surface area contributed by atoms with Crippen molar-refractivity contribution in [2.75, 3.05) is 19.6 Å². The minimum atomic E-state index is -0.366. The molecule has 2 unspecified atom stereocenters. The van der Waals surface area contributed by atoms with Crippen LogP contribution >= 0.6 is 15.9 Å². The zero-order valence-electron chi connectivity index (χ0n) is 9.32. The lowest BCUT2D eigenvalue weighted by atomic mass is 10.1. The number of aliphatic hydroxyl groups excluding tert-OH is 1. The lowest BCUT2D eigenvalue weighted by Gasteiger charge is -2.14. The minimum Gasteiger partial charge on any atom is -0.391 e. The molecule has 0 aromatic heterocycles. The van der Waals surface area contributed by atoms with Gasteiger partial charge in [-0.15, -0.1) is 0 Å². The third-order valence-electron chi connectivity index (χ3n) is 2.95. The molecule has 4 nitrogen and oxygen atoms in total. The van der Waals surface area contributed by atoms with Crippen molar-refractivity contribution < 1.29 is 9.90 Å². The molecule has 0 bridgehead atoms. The smallest absolute Gasteiger partial charge is 0.252 e. The molecule has 1 aliphatic rings. The number of carbonyl (C=O) groups is 1. The molecule has 1 aromatic carbocycles. The predicted octanol–water partition coefficient (Wildman–Crippen LogP) is 0.759. The number of carbonyl (C=O) groups excluding carboxylic acids is 1. The SMILES string of the molecule is O=C(NCC1CNCC1O)c1ccccc1Br. The van der Waals surface area contributed by atoms with Crippen LogP contribution in [-0.4, -0.2) is 36.8 Å². The highest BCUT2D eigenvalue weighted by molar-refractivity contribution is 9.10. The van der Waals surface area contributed by atoms with E-state index in [9.17, 15) is 9.90 Å². The van der Waals surface area contributed by atoms with E-state index in [0.717, 1.165) is 11.0 Å². The van der Waals surface area contributed by atoms with Gasteiger partial charge in [0.05, 0.1) is 11.7 Å². The molecule has 1 amide bonds. The van der Waals surface area contributed by atoms with Gasteiger partial charge >= 0.3 is 0 Å².